The van der Waals surface area contributed by atoms with Gasteiger partial charge in [0.15, 0.2) is 0 Å². The molecule has 0 spiro atoms. The van der Waals surface area contributed by atoms with Crippen molar-refractivity contribution in [1.82, 2.24) is 9.55 Å². The fourth-order valence-electron chi connectivity index (χ4n) is 3.08. The molecular weight excluding hydrogens is 262 g/mol. The number of imidazole rings is 1. The third-order valence-electron chi connectivity index (χ3n) is 4.50. The Balaban J connectivity index is 1.59. The molecule has 1 aromatic carbocycles. The molecule has 1 aromatic heterocycles. The number of allylic oxidation sites excluding steroid dienone is 2. The summed E-state index contributed by atoms with van der Waals surface area (Å²) in [6, 6.07) is 6.01. The molecule has 1 heterocycles. The van der Waals surface area contributed by atoms with E-state index in [-0.39, 0.29) is 11.8 Å². The van der Waals surface area contributed by atoms with Crippen LogP contribution in [0.5, 0.6) is 0 Å². The zero-order valence-electron chi connectivity index (χ0n) is 12.2. The molecule has 21 heavy (non-hydrogen) atoms. The van der Waals surface area contributed by atoms with Crippen molar-refractivity contribution in [2.45, 2.75) is 31.6 Å². The average Bonchev–Trinajstić information content (AvgIpc) is 3.06. The van der Waals surface area contributed by atoms with Crippen LogP contribution in [0.1, 0.15) is 37.4 Å². The second-order valence-corrected chi connectivity index (χ2v) is 6.14. The van der Waals surface area contributed by atoms with Crippen LogP contribution in [0.4, 0.5) is 5.69 Å². The quantitative estimate of drug-likeness (QED) is 0.877. The molecule has 2 aromatic rings. The van der Waals surface area contributed by atoms with E-state index in [1.165, 1.54) is 18.7 Å². The Labute approximate surface area is 123 Å². The lowest BCUT2D eigenvalue weighted by Gasteiger charge is -2.10. The number of rotatable bonds is 3. The maximum atomic E-state index is 12.2. The second kappa shape index (κ2) is 4.72. The van der Waals surface area contributed by atoms with Crippen LogP contribution in [0.25, 0.3) is 11.0 Å². The molecule has 2 aliphatic carbocycles. The predicted octanol–water partition coefficient (Wildman–Crippen LogP) is 3.36. The second-order valence-electron chi connectivity index (χ2n) is 6.14. The van der Waals surface area contributed by atoms with E-state index in [1.807, 2.05) is 12.1 Å². The normalized spacial score (nSPS) is 18.5. The van der Waals surface area contributed by atoms with Crippen LogP contribution in [-0.2, 0) is 11.8 Å². The maximum Gasteiger partial charge on any atom is 0.228 e. The van der Waals surface area contributed by atoms with Crippen LogP contribution < -0.4 is 5.32 Å². The molecular formula is C17H19N3O. The number of aryl methyl sites for hydroxylation is 1. The van der Waals surface area contributed by atoms with Gasteiger partial charge in [-0.2, -0.15) is 0 Å². The first-order chi connectivity index (χ1) is 10.2. The monoisotopic (exact) mass is 281 g/mol. The average molecular weight is 281 g/mol. The summed E-state index contributed by atoms with van der Waals surface area (Å²) >= 11 is 0. The molecule has 1 N–H and O–H groups in total. The molecule has 0 radical (unpaired) electrons. The van der Waals surface area contributed by atoms with E-state index in [4.69, 9.17) is 4.98 Å². The van der Waals surface area contributed by atoms with Crippen LogP contribution in [0, 0.1) is 5.92 Å². The molecule has 1 saturated carbocycles. The van der Waals surface area contributed by atoms with Crippen molar-refractivity contribution in [3.63, 3.8) is 0 Å². The van der Waals surface area contributed by atoms with E-state index < -0.39 is 0 Å². The summed E-state index contributed by atoms with van der Waals surface area (Å²) in [5.41, 5.74) is 2.96. The maximum absolute atomic E-state index is 12.2. The van der Waals surface area contributed by atoms with Crippen molar-refractivity contribution in [3.8, 4) is 0 Å². The van der Waals surface area contributed by atoms with E-state index in [0.717, 1.165) is 29.6 Å². The molecule has 108 valence electrons. The highest BCUT2D eigenvalue weighted by atomic mass is 16.1. The first-order valence-electron chi connectivity index (χ1n) is 7.64. The van der Waals surface area contributed by atoms with Gasteiger partial charge in [0.05, 0.1) is 11.0 Å². The smallest absolute Gasteiger partial charge is 0.228 e. The van der Waals surface area contributed by atoms with Gasteiger partial charge in [0, 0.05) is 24.6 Å². The number of anilines is 1. The van der Waals surface area contributed by atoms with Crippen molar-refractivity contribution in [1.29, 1.82) is 0 Å². The molecule has 1 fully saturated rings. The van der Waals surface area contributed by atoms with Crippen molar-refractivity contribution < 1.29 is 4.79 Å². The minimum Gasteiger partial charge on any atom is -0.331 e. The van der Waals surface area contributed by atoms with Crippen molar-refractivity contribution >= 4 is 22.6 Å². The van der Waals surface area contributed by atoms with E-state index in [2.05, 4.69) is 35.1 Å². The predicted molar refractivity (Wildman–Crippen MR) is 83.2 cm³/mol. The van der Waals surface area contributed by atoms with Crippen LogP contribution in [0.3, 0.4) is 0 Å². The first kappa shape index (κ1) is 12.6. The third-order valence-corrected chi connectivity index (χ3v) is 4.50. The molecule has 4 heteroatoms. The highest BCUT2D eigenvalue weighted by molar-refractivity contribution is 5.95. The number of hydrogen-bond acceptors (Lipinski definition) is 2. The Morgan fingerprint density at radius 3 is 2.76 bits per heavy atom. The van der Waals surface area contributed by atoms with Crippen molar-refractivity contribution in [3.05, 3.63) is 36.2 Å². The number of aromatic nitrogens is 2. The lowest BCUT2D eigenvalue weighted by Crippen LogP contribution is -2.20. The highest BCUT2D eigenvalue weighted by Crippen LogP contribution is 2.40. The fraction of sp³-hybridized carbons (Fsp3) is 0.412. The molecule has 0 unspecified atom stereocenters. The van der Waals surface area contributed by atoms with Gasteiger partial charge in [-0.1, -0.05) is 12.2 Å². The van der Waals surface area contributed by atoms with Gasteiger partial charge in [-0.15, -0.1) is 0 Å². The molecule has 4 rings (SSSR count). The summed E-state index contributed by atoms with van der Waals surface area (Å²) in [4.78, 5) is 16.9. The van der Waals surface area contributed by atoms with E-state index in [1.54, 1.807) is 0 Å². The Morgan fingerprint density at radius 1 is 1.29 bits per heavy atom. The molecule has 4 nitrogen and oxygen atoms in total. The number of amides is 1. The highest BCUT2D eigenvalue weighted by Gasteiger charge is 2.28. The summed E-state index contributed by atoms with van der Waals surface area (Å²) in [6.45, 7) is 0. The lowest BCUT2D eigenvalue weighted by atomic mass is 10.1. The number of nitrogens with zero attached hydrogens (tertiary/aromatic N) is 2. The molecule has 1 amide bonds. The summed E-state index contributed by atoms with van der Waals surface area (Å²) < 4.78 is 2.18. The van der Waals surface area contributed by atoms with E-state index >= 15 is 0 Å². The number of hydrogen-bond donors (Lipinski definition) is 1. The molecule has 0 saturated heterocycles. The molecule has 0 bridgehead atoms. The molecule has 0 atom stereocenters. The van der Waals surface area contributed by atoms with Crippen LogP contribution in [0.15, 0.2) is 30.4 Å². The number of nitrogens with one attached hydrogen (secondary N) is 1. The number of fused-ring (bicyclic) bond motifs is 1. The fourth-order valence-corrected chi connectivity index (χ4v) is 3.08. The van der Waals surface area contributed by atoms with Gasteiger partial charge in [0.25, 0.3) is 0 Å². The molecule has 0 aliphatic heterocycles. The van der Waals surface area contributed by atoms with Gasteiger partial charge in [-0.3, -0.25) is 4.79 Å². The lowest BCUT2D eigenvalue weighted by molar-refractivity contribution is -0.119. The first-order valence-corrected chi connectivity index (χ1v) is 7.64. The minimum absolute atomic E-state index is 0.0893. The Bertz CT molecular complexity index is 732. The number of carbonyl (C=O) groups excluding carboxylic acids is 1. The Morgan fingerprint density at radius 2 is 2.05 bits per heavy atom. The third kappa shape index (κ3) is 2.24. The van der Waals surface area contributed by atoms with Crippen molar-refractivity contribution in [2.75, 3.05) is 5.32 Å². The van der Waals surface area contributed by atoms with Crippen molar-refractivity contribution in [2.24, 2.45) is 13.0 Å². The zero-order chi connectivity index (χ0) is 14.4. The van der Waals surface area contributed by atoms with E-state index in [0.29, 0.717) is 5.92 Å². The number of carbonyl (C=O) groups is 1. The van der Waals surface area contributed by atoms with Crippen LogP contribution >= 0.6 is 0 Å². The summed E-state index contributed by atoms with van der Waals surface area (Å²) in [5, 5.41) is 3.02. The van der Waals surface area contributed by atoms with Gasteiger partial charge in [-0.25, -0.2) is 4.98 Å². The van der Waals surface area contributed by atoms with E-state index in [9.17, 15) is 4.79 Å². The minimum atomic E-state index is 0.0893. The zero-order valence-corrected chi connectivity index (χ0v) is 12.2. The number of benzene rings is 1. The largest absolute Gasteiger partial charge is 0.331 e. The SMILES string of the molecule is Cn1c(C2CC2)nc2cc(NC(=O)C3CC=CC3)ccc21. The summed E-state index contributed by atoms with van der Waals surface area (Å²) in [6.07, 6.45) is 8.35. The standard InChI is InChI=1S/C17H19N3O/c1-20-15-9-8-13(18-17(21)12-4-2-3-5-12)10-14(15)19-16(20)11-6-7-11/h2-3,8-12H,4-7H2,1H3,(H,18,21). The van der Waals surface area contributed by atoms with Gasteiger partial charge < -0.3 is 9.88 Å². The summed E-state index contributed by atoms with van der Waals surface area (Å²) in [5.74, 6) is 2.00. The van der Waals surface area contributed by atoms with Gasteiger partial charge in [-0.05, 0) is 43.9 Å². The summed E-state index contributed by atoms with van der Waals surface area (Å²) in [7, 11) is 2.07. The van der Waals surface area contributed by atoms with Gasteiger partial charge >= 0.3 is 0 Å². The Kier molecular flexibility index (Phi) is 2.84. The van der Waals surface area contributed by atoms with Crippen LogP contribution in [-0.4, -0.2) is 15.5 Å². The van der Waals surface area contributed by atoms with Gasteiger partial charge in [0.1, 0.15) is 5.82 Å². The van der Waals surface area contributed by atoms with Gasteiger partial charge in [0.2, 0.25) is 5.91 Å². The Hall–Kier alpha value is -2.10. The van der Waals surface area contributed by atoms with Crippen LogP contribution in [0.2, 0.25) is 0 Å². The molecule has 2 aliphatic rings. The topological polar surface area (TPSA) is 46.9 Å².